The number of halogens is 1. The zero-order valence-corrected chi connectivity index (χ0v) is 17.8. The van der Waals surface area contributed by atoms with Crippen LogP contribution in [-0.2, 0) is 6.42 Å². The fraction of sp³-hybridized carbons (Fsp3) is 0.458. The maximum absolute atomic E-state index is 13.8. The Bertz CT molecular complexity index is 798. The van der Waals surface area contributed by atoms with Gasteiger partial charge >= 0.3 is 0 Å². The second-order valence-electron chi connectivity index (χ2n) is 8.25. The van der Waals surface area contributed by atoms with Crippen molar-refractivity contribution in [1.29, 1.82) is 0 Å². The summed E-state index contributed by atoms with van der Waals surface area (Å²) in [7, 11) is 5.88. The second kappa shape index (κ2) is 9.88. The summed E-state index contributed by atoms with van der Waals surface area (Å²) in [5.74, 6) is 0.494. The van der Waals surface area contributed by atoms with Crippen LogP contribution in [0, 0.1) is 11.7 Å². The highest BCUT2D eigenvalue weighted by Crippen LogP contribution is 2.20. The molecule has 2 aromatic rings. The largest absolute Gasteiger partial charge is 0.378 e. The van der Waals surface area contributed by atoms with Gasteiger partial charge in [-0.1, -0.05) is 18.2 Å². The van der Waals surface area contributed by atoms with Gasteiger partial charge in [-0.3, -0.25) is 4.79 Å². The van der Waals surface area contributed by atoms with Crippen LogP contribution in [0.5, 0.6) is 0 Å². The summed E-state index contributed by atoms with van der Waals surface area (Å²) >= 11 is 0. The minimum absolute atomic E-state index is 0.0808. The van der Waals surface area contributed by atoms with Gasteiger partial charge in [-0.15, -0.1) is 0 Å². The molecule has 4 nitrogen and oxygen atoms in total. The molecule has 0 bridgehead atoms. The summed E-state index contributed by atoms with van der Waals surface area (Å²) in [5, 5.41) is 0. The van der Waals surface area contributed by atoms with Crippen molar-refractivity contribution in [3.63, 3.8) is 0 Å². The second-order valence-corrected chi connectivity index (χ2v) is 8.25. The van der Waals surface area contributed by atoms with Crippen LogP contribution in [-0.4, -0.2) is 63.0 Å². The smallest absolute Gasteiger partial charge is 0.253 e. The van der Waals surface area contributed by atoms with Crippen molar-refractivity contribution in [2.75, 3.05) is 52.2 Å². The first-order valence-corrected chi connectivity index (χ1v) is 10.4. The van der Waals surface area contributed by atoms with Crippen molar-refractivity contribution in [3.8, 4) is 0 Å². The monoisotopic (exact) mass is 397 g/mol. The number of amides is 1. The Morgan fingerprint density at radius 2 is 1.69 bits per heavy atom. The molecule has 0 atom stereocenters. The molecule has 3 rings (SSSR count). The van der Waals surface area contributed by atoms with E-state index in [9.17, 15) is 9.18 Å². The average molecular weight is 398 g/mol. The van der Waals surface area contributed by atoms with Crippen LogP contribution in [0.25, 0.3) is 0 Å². The summed E-state index contributed by atoms with van der Waals surface area (Å²) in [4.78, 5) is 19.0. The van der Waals surface area contributed by atoms with Gasteiger partial charge < -0.3 is 14.7 Å². The van der Waals surface area contributed by atoms with E-state index >= 15 is 0 Å². The Kier molecular flexibility index (Phi) is 7.26. The predicted molar refractivity (Wildman–Crippen MR) is 117 cm³/mol. The van der Waals surface area contributed by atoms with Crippen molar-refractivity contribution < 1.29 is 9.18 Å². The molecule has 1 aliphatic rings. The van der Waals surface area contributed by atoms with Crippen LogP contribution >= 0.6 is 0 Å². The first-order valence-electron chi connectivity index (χ1n) is 10.4. The third kappa shape index (κ3) is 5.80. The van der Waals surface area contributed by atoms with E-state index in [0.29, 0.717) is 5.92 Å². The quantitative estimate of drug-likeness (QED) is 0.709. The Morgan fingerprint density at radius 1 is 1.03 bits per heavy atom. The third-order valence-electron chi connectivity index (χ3n) is 5.87. The lowest BCUT2D eigenvalue weighted by atomic mass is 9.95. The van der Waals surface area contributed by atoms with Crippen LogP contribution in [0.1, 0.15) is 28.8 Å². The Morgan fingerprint density at radius 3 is 2.31 bits per heavy atom. The lowest BCUT2D eigenvalue weighted by Crippen LogP contribution is -2.40. The standard InChI is InChI=1S/C24H32FN3O/c1-26(2)22-10-8-21(9-11-22)24(29)27(3)18-19-12-15-28(16-13-19)17-14-20-6-4-5-7-23(20)25/h4-11,19H,12-18H2,1-3H3. The Balaban J connectivity index is 1.43. The highest BCUT2D eigenvalue weighted by molar-refractivity contribution is 5.94. The minimum Gasteiger partial charge on any atom is -0.378 e. The number of anilines is 1. The number of likely N-dealkylation sites (tertiary alicyclic amines) is 1. The Labute approximate surface area is 173 Å². The van der Waals surface area contributed by atoms with E-state index in [0.717, 1.165) is 62.3 Å². The van der Waals surface area contributed by atoms with Crippen molar-refractivity contribution in [1.82, 2.24) is 9.80 Å². The molecule has 1 fully saturated rings. The van der Waals surface area contributed by atoms with Crippen LogP contribution in [0.15, 0.2) is 48.5 Å². The predicted octanol–water partition coefficient (Wildman–Crippen LogP) is 3.92. The van der Waals surface area contributed by atoms with Crippen molar-refractivity contribution >= 4 is 11.6 Å². The van der Waals surface area contributed by atoms with Crippen molar-refractivity contribution in [3.05, 3.63) is 65.5 Å². The number of hydrogen-bond donors (Lipinski definition) is 0. The molecule has 0 aliphatic carbocycles. The molecule has 0 N–H and O–H groups in total. The molecule has 0 spiro atoms. The summed E-state index contributed by atoms with van der Waals surface area (Å²) in [6.45, 7) is 3.70. The number of nitrogens with zero attached hydrogens (tertiary/aromatic N) is 3. The lowest BCUT2D eigenvalue weighted by molar-refractivity contribution is 0.0740. The first-order chi connectivity index (χ1) is 13.9. The van der Waals surface area contributed by atoms with E-state index in [1.165, 1.54) is 6.07 Å². The molecule has 2 aromatic carbocycles. The lowest BCUT2D eigenvalue weighted by Gasteiger charge is -2.34. The highest BCUT2D eigenvalue weighted by atomic mass is 19.1. The summed E-state index contributed by atoms with van der Waals surface area (Å²) in [5.41, 5.74) is 2.62. The topological polar surface area (TPSA) is 26.8 Å². The maximum Gasteiger partial charge on any atom is 0.253 e. The van der Waals surface area contributed by atoms with E-state index in [1.54, 1.807) is 6.07 Å². The van der Waals surface area contributed by atoms with Crippen LogP contribution < -0.4 is 4.90 Å². The first kappa shape index (κ1) is 21.3. The highest BCUT2D eigenvalue weighted by Gasteiger charge is 2.22. The molecule has 0 aromatic heterocycles. The normalized spacial score (nSPS) is 15.3. The maximum atomic E-state index is 13.8. The van der Waals surface area contributed by atoms with E-state index in [2.05, 4.69) is 4.90 Å². The summed E-state index contributed by atoms with van der Waals surface area (Å²) in [6, 6.07) is 14.8. The molecule has 1 amide bonds. The molecule has 5 heteroatoms. The Hall–Kier alpha value is -2.40. The molecule has 1 aliphatic heterocycles. The number of benzene rings is 2. The van der Waals surface area contributed by atoms with E-state index in [1.807, 2.05) is 67.3 Å². The van der Waals surface area contributed by atoms with Crippen molar-refractivity contribution in [2.24, 2.45) is 5.92 Å². The van der Waals surface area contributed by atoms with Crippen LogP contribution in [0.4, 0.5) is 10.1 Å². The fourth-order valence-electron chi connectivity index (χ4n) is 3.97. The number of rotatable bonds is 7. The SMILES string of the molecule is CN(CC1CCN(CCc2ccccc2F)CC1)C(=O)c1ccc(N(C)C)cc1. The zero-order chi connectivity index (χ0) is 20.8. The van der Waals surface area contributed by atoms with Gasteiger partial charge in [0.2, 0.25) is 0 Å². The van der Waals surface area contributed by atoms with E-state index in [-0.39, 0.29) is 11.7 Å². The van der Waals surface area contributed by atoms with Gasteiger partial charge in [0.05, 0.1) is 0 Å². The summed E-state index contributed by atoms with van der Waals surface area (Å²) in [6.07, 6.45) is 2.90. The van der Waals surface area contributed by atoms with Crippen molar-refractivity contribution in [2.45, 2.75) is 19.3 Å². The van der Waals surface area contributed by atoms with Gasteiger partial charge in [0.25, 0.3) is 5.91 Å². The van der Waals surface area contributed by atoms with Crippen LogP contribution in [0.3, 0.4) is 0 Å². The molecule has 1 heterocycles. The fourth-order valence-corrected chi connectivity index (χ4v) is 3.97. The summed E-state index contributed by atoms with van der Waals surface area (Å²) < 4.78 is 13.8. The van der Waals surface area contributed by atoms with Gasteiger partial charge in [-0.25, -0.2) is 4.39 Å². The third-order valence-corrected chi connectivity index (χ3v) is 5.87. The number of carbonyl (C=O) groups excluding carboxylic acids is 1. The molecule has 0 unspecified atom stereocenters. The molecule has 0 saturated carbocycles. The van der Waals surface area contributed by atoms with E-state index < -0.39 is 0 Å². The van der Waals surface area contributed by atoms with Gasteiger partial charge in [-0.05, 0) is 74.2 Å². The van der Waals surface area contributed by atoms with Gasteiger partial charge in [0.1, 0.15) is 5.82 Å². The van der Waals surface area contributed by atoms with Gasteiger partial charge in [0.15, 0.2) is 0 Å². The van der Waals surface area contributed by atoms with Gasteiger partial charge in [-0.2, -0.15) is 0 Å². The average Bonchev–Trinajstić information content (AvgIpc) is 2.73. The molecule has 156 valence electrons. The molecular weight excluding hydrogens is 365 g/mol. The molecular formula is C24H32FN3O. The molecule has 29 heavy (non-hydrogen) atoms. The van der Waals surface area contributed by atoms with Gasteiger partial charge in [0, 0.05) is 45.5 Å². The zero-order valence-electron chi connectivity index (χ0n) is 17.8. The molecule has 1 saturated heterocycles. The van der Waals surface area contributed by atoms with E-state index in [4.69, 9.17) is 0 Å². The number of piperidine rings is 1. The van der Waals surface area contributed by atoms with Crippen LogP contribution in [0.2, 0.25) is 0 Å². The number of hydrogen-bond acceptors (Lipinski definition) is 3. The minimum atomic E-state index is -0.110. The number of carbonyl (C=O) groups is 1. The molecule has 0 radical (unpaired) electrons.